The fourth-order valence-electron chi connectivity index (χ4n) is 1.51. The Kier molecular flexibility index (Phi) is 1.31. The van der Waals surface area contributed by atoms with Crippen LogP contribution in [0.3, 0.4) is 0 Å². The molecule has 1 aliphatic heterocycles. The molecular weight excluding hydrogens is 134 g/mol. The molecule has 0 amide bonds. The summed E-state index contributed by atoms with van der Waals surface area (Å²) in [6.45, 7) is 5.36. The molecule has 0 radical (unpaired) electrons. The molecule has 1 nitrogen and oxygen atoms in total. The van der Waals surface area contributed by atoms with Crippen molar-refractivity contribution in [1.29, 1.82) is 0 Å². The first kappa shape index (κ1) is 6.59. The first-order valence-electron chi connectivity index (χ1n) is 3.93. The molecule has 0 atom stereocenters. The van der Waals surface area contributed by atoms with E-state index in [-0.39, 0.29) is 0 Å². The summed E-state index contributed by atoms with van der Waals surface area (Å²) in [5, 5.41) is 0. The number of hydrogen-bond acceptors (Lipinski definition) is 0. The molecule has 0 saturated carbocycles. The molecule has 2 heterocycles. The average molecular weight is 146 g/mol. The maximum Gasteiger partial charge on any atom is 0.205 e. The number of fused-ring (bicyclic) bond motifs is 1. The van der Waals surface area contributed by atoms with E-state index in [4.69, 9.17) is 0 Å². The van der Waals surface area contributed by atoms with Crippen LogP contribution in [0.4, 0.5) is 0 Å². The van der Waals surface area contributed by atoms with Crippen molar-refractivity contribution in [3.8, 4) is 0 Å². The number of pyridine rings is 1. The molecule has 0 bridgehead atoms. The van der Waals surface area contributed by atoms with Gasteiger partial charge in [-0.25, -0.2) is 0 Å². The molecule has 1 heteroatoms. The minimum Gasteiger partial charge on any atom is -0.195 e. The second-order valence-electron chi connectivity index (χ2n) is 3.25. The van der Waals surface area contributed by atoms with Gasteiger partial charge in [-0.3, -0.25) is 0 Å². The maximum atomic E-state index is 2.28. The standard InChI is InChI=1S/C10H12N/c1-8-3-4-10-5-9(2)7-11(10)6-8/h3-6H,7H2,1-2H3/q+1. The maximum absolute atomic E-state index is 2.28. The molecule has 11 heavy (non-hydrogen) atoms. The largest absolute Gasteiger partial charge is 0.205 e. The first-order chi connectivity index (χ1) is 5.25. The molecule has 0 unspecified atom stereocenters. The van der Waals surface area contributed by atoms with Gasteiger partial charge in [-0.2, -0.15) is 4.57 Å². The lowest BCUT2D eigenvalue weighted by molar-refractivity contribution is -0.686. The van der Waals surface area contributed by atoms with E-state index in [9.17, 15) is 0 Å². The van der Waals surface area contributed by atoms with E-state index in [1.165, 1.54) is 16.8 Å². The molecule has 0 aliphatic carbocycles. The number of nitrogens with zero attached hydrogens (tertiary/aromatic N) is 1. The highest BCUT2D eigenvalue weighted by Crippen LogP contribution is 2.10. The number of hydrogen-bond donors (Lipinski definition) is 0. The van der Waals surface area contributed by atoms with Crippen LogP contribution >= 0.6 is 0 Å². The van der Waals surface area contributed by atoms with Gasteiger partial charge in [0.1, 0.15) is 0 Å². The highest BCUT2D eigenvalue weighted by Gasteiger charge is 2.15. The Labute approximate surface area is 67.0 Å². The molecular formula is C10H12N+. The molecule has 1 aromatic heterocycles. The fourth-order valence-corrected chi connectivity index (χ4v) is 1.51. The molecule has 1 aliphatic rings. The van der Waals surface area contributed by atoms with Gasteiger partial charge < -0.3 is 0 Å². The second-order valence-corrected chi connectivity index (χ2v) is 3.25. The minimum atomic E-state index is 1.07. The second kappa shape index (κ2) is 2.19. The van der Waals surface area contributed by atoms with Gasteiger partial charge >= 0.3 is 0 Å². The zero-order valence-electron chi connectivity index (χ0n) is 6.96. The third-order valence-corrected chi connectivity index (χ3v) is 2.02. The van der Waals surface area contributed by atoms with E-state index in [2.05, 4.69) is 42.8 Å². The van der Waals surface area contributed by atoms with Gasteiger partial charge in [0, 0.05) is 17.7 Å². The molecule has 56 valence electrons. The van der Waals surface area contributed by atoms with Crippen molar-refractivity contribution in [2.24, 2.45) is 0 Å². The molecule has 1 aromatic rings. The van der Waals surface area contributed by atoms with Gasteiger partial charge in [0.2, 0.25) is 5.69 Å². The molecule has 0 fully saturated rings. The van der Waals surface area contributed by atoms with E-state index in [0.717, 1.165) is 6.54 Å². The van der Waals surface area contributed by atoms with E-state index in [1.807, 2.05) is 0 Å². The SMILES string of the molecule is CC1=Cc2ccc(C)c[n+]2C1. The van der Waals surface area contributed by atoms with Crippen LogP contribution in [-0.2, 0) is 6.54 Å². The summed E-state index contributed by atoms with van der Waals surface area (Å²) in [4.78, 5) is 0. The van der Waals surface area contributed by atoms with Crippen molar-refractivity contribution in [3.63, 3.8) is 0 Å². The predicted molar refractivity (Wildman–Crippen MR) is 45.0 cm³/mol. The Morgan fingerprint density at radius 1 is 1.27 bits per heavy atom. The van der Waals surface area contributed by atoms with Gasteiger partial charge in [-0.05, 0) is 25.5 Å². The quantitative estimate of drug-likeness (QED) is 0.490. The predicted octanol–water partition coefficient (Wildman–Crippen LogP) is 1.70. The van der Waals surface area contributed by atoms with E-state index >= 15 is 0 Å². The Bertz CT molecular complexity index is 324. The van der Waals surface area contributed by atoms with Crippen molar-refractivity contribution >= 4 is 6.08 Å². The lowest BCUT2D eigenvalue weighted by atomic mass is 10.2. The van der Waals surface area contributed by atoms with Crippen LogP contribution in [0.15, 0.2) is 23.9 Å². The number of aromatic nitrogens is 1. The van der Waals surface area contributed by atoms with Crippen molar-refractivity contribution in [2.45, 2.75) is 20.4 Å². The Balaban J connectivity index is 2.52. The summed E-state index contributed by atoms with van der Waals surface area (Å²) in [5.41, 5.74) is 4.10. The normalized spacial score (nSPS) is 14.5. The van der Waals surface area contributed by atoms with Crippen LogP contribution < -0.4 is 4.57 Å². The van der Waals surface area contributed by atoms with Crippen LogP contribution in [0, 0.1) is 6.92 Å². The molecule has 0 spiro atoms. The molecule has 0 saturated heterocycles. The lowest BCUT2D eigenvalue weighted by Gasteiger charge is -1.92. The van der Waals surface area contributed by atoms with Crippen molar-refractivity contribution in [1.82, 2.24) is 0 Å². The third-order valence-electron chi connectivity index (χ3n) is 2.02. The van der Waals surface area contributed by atoms with Crippen LogP contribution in [-0.4, -0.2) is 0 Å². The van der Waals surface area contributed by atoms with Gasteiger partial charge in [-0.15, -0.1) is 0 Å². The van der Waals surface area contributed by atoms with Crippen LogP contribution in [0.1, 0.15) is 18.2 Å². The fraction of sp³-hybridized carbons (Fsp3) is 0.300. The average Bonchev–Trinajstić information content (AvgIpc) is 2.27. The van der Waals surface area contributed by atoms with Crippen molar-refractivity contribution < 1.29 is 4.57 Å². The zero-order valence-corrected chi connectivity index (χ0v) is 6.96. The highest BCUT2D eigenvalue weighted by molar-refractivity contribution is 5.47. The first-order valence-corrected chi connectivity index (χ1v) is 3.93. The van der Waals surface area contributed by atoms with E-state index in [1.54, 1.807) is 0 Å². The summed E-state index contributed by atoms with van der Waals surface area (Å²) in [7, 11) is 0. The lowest BCUT2D eigenvalue weighted by Crippen LogP contribution is -2.33. The Morgan fingerprint density at radius 2 is 2.09 bits per heavy atom. The molecule has 2 rings (SSSR count). The van der Waals surface area contributed by atoms with Crippen LogP contribution in [0.2, 0.25) is 0 Å². The van der Waals surface area contributed by atoms with Gasteiger partial charge in [0.25, 0.3) is 0 Å². The number of rotatable bonds is 0. The Morgan fingerprint density at radius 3 is 2.91 bits per heavy atom. The van der Waals surface area contributed by atoms with E-state index in [0.29, 0.717) is 0 Å². The van der Waals surface area contributed by atoms with Crippen molar-refractivity contribution in [3.05, 3.63) is 35.2 Å². The highest BCUT2D eigenvalue weighted by atomic mass is 15.0. The Hall–Kier alpha value is -1.11. The minimum absolute atomic E-state index is 1.07. The summed E-state index contributed by atoms with van der Waals surface area (Å²) in [6.07, 6.45) is 4.43. The summed E-state index contributed by atoms with van der Waals surface area (Å²) >= 11 is 0. The van der Waals surface area contributed by atoms with Crippen LogP contribution in [0.5, 0.6) is 0 Å². The van der Waals surface area contributed by atoms with Gasteiger partial charge in [-0.1, -0.05) is 0 Å². The topological polar surface area (TPSA) is 3.88 Å². The number of aryl methyl sites for hydroxylation is 1. The molecule has 0 N–H and O–H groups in total. The molecule has 0 aromatic carbocycles. The van der Waals surface area contributed by atoms with E-state index < -0.39 is 0 Å². The summed E-state index contributed by atoms with van der Waals surface area (Å²) < 4.78 is 2.28. The van der Waals surface area contributed by atoms with Crippen LogP contribution in [0.25, 0.3) is 6.08 Å². The van der Waals surface area contributed by atoms with Gasteiger partial charge in [0.15, 0.2) is 12.7 Å². The van der Waals surface area contributed by atoms with Crippen molar-refractivity contribution in [2.75, 3.05) is 0 Å². The summed E-state index contributed by atoms with van der Waals surface area (Å²) in [6, 6.07) is 4.33. The van der Waals surface area contributed by atoms with Gasteiger partial charge in [0.05, 0.1) is 0 Å². The monoisotopic (exact) mass is 146 g/mol. The number of allylic oxidation sites excluding steroid dienone is 1. The smallest absolute Gasteiger partial charge is 0.195 e. The zero-order chi connectivity index (χ0) is 7.84. The third kappa shape index (κ3) is 1.07. The summed E-state index contributed by atoms with van der Waals surface area (Å²) in [5.74, 6) is 0.